The number of hydrogen-bond donors (Lipinski definition) is 2. The molecule has 2 N–H and O–H groups in total. The highest BCUT2D eigenvalue weighted by molar-refractivity contribution is 9.10. The molecule has 1 atom stereocenters. The number of halogens is 2. The second kappa shape index (κ2) is 5.87. The Bertz CT molecular complexity index is 562. The fourth-order valence-electron chi connectivity index (χ4n) is 1.76. The molecule has 1 unspecified atom stereocenters. The van der Waals surface area contributed by atoms with Crippen LogP contribution in [-0.2, 0) is 0 Å². The summed E-state index contributed by atoms with van der Waals surface area (Å²) in [6.07, 6.45) is 0.688. The van der Waals surface area contributed by atoms with Crippen LogP contribution in [0.2, 0.25) is 5.02 Å². The van der Waals surface area contributed by atoms with E-state index in [1.807, 2.05) is 31.2 Å². The molecule has 2 aromatic rings. The Morgan fingerprint density at radius 1 is 1.44 bits per heavy atom. The van der Waals surface area contributed by atoms with Crippen LogP contribution in [0.4, 0.5) is 5.82 Å². The van der Waals surface area contributed by atoms with Gasteiger partial charge in [0.05, 0.1) is 10.5 Å². The van der Waals surface area contributed by atoms with Crippen LogP contribution >= 0.6 is 27.5 Å². The number of hydrogen-bond acceptors (Lipinski definition) is 3. The monoisotopic (exact) mass is 328 g/mol. The van der Waals surface area contributed by atoms with E-state index in [0.29, 0.717) is 11.4 Å². The first-order chi connectivity index (χ1) is 8.60. The third-order valence-corrected chi connectivity index (χ3v) is 3.41. The van der Waals surface area contributed by atoms with Crippen LogP contribution in [0.3, 0.4) is 0 Å². The molecule has 0 aliphatic rings. The molecule has 1 heterocycles. The zero-order chi connectivity index (χ0) is 13.1. The number of rotatable bonds is 4. The molecule has 0 saturated heterocycles. The first-order valence-corrected chi connectivity index (χ1v) is 6.90. The first-order valence-electron chi connectivity index (χ1n) is 5.73. The van der Waals surface area contributed by atoms with Gasteiger partial charge in [-0.05, 0) is 37.6 Å². The number of anilines is 1. The summed E-state index contributed by atoms with van der Waals surface area (Å²) in [7, 11) is 0. The number of nitrogens with one attached hydrogen (secondary N) is 1. The van der Waals surface area contributed by atoms with Crippen molar-refractivity contribution >= 4 is 44.3 Å². The molecule has 0 aliphatic carbocycles. The van der Waals surface area contributed by atoms with Crippen LogP contribution in [0.25, 0.3) is 10.9 Å². The molecule has 5 heteroatoms. The van der Waals surface area contributed by atoms with Crippen LogP contribution in [0, 0.1) is 0 Å². The molecule has 0 radical (unpaired) electrons. The van der Waals surface area contributed by atoms with Gasteiger partial charge in [0, 0.05) is 22.5 Å². The van der Waals surface area contributed by atoms with Crippen molar-refractivity contribution in [1.29, 1.82) is 0 Å². The highest BCUT2D eigenvalue weighted by Crippen LogP contribution is 2.27. The van der Waals surface area contributed by atoms with Gasteiger partial charge in [-0.1, -0.05) is 27.5 Å². The molecule has 96 valence electrons. The van der Waals surface area contributed by atoms with Crippen LogP contribution < -0.4 is 5.32 Å². The molecule has 1 aromatic heterocycles. The molecule has 18 heavy (non-hydrogen) atoms. The lowest BCUT2D eigenvalue weighted by Gasteiger charge is -2.13. The second-order valence-corrected chi connectivity index (χ2v) is 5.54. The van der Waals surface area contributed by atoms with Crippen molar-refractivity contribution in [3.8, 4) is 0 Å². The van der Waals surface area contributed by atoms with Gasteiger partial charge in [0.1, 0.15) is 5.82 Å². The van der Waals surface area contributed by atoms with Gasteiger partial charge in [0.15, 0.2) is 0 Å². The average molecular weight is 330 g/mol. The number of aromatic nitrogens is 1. The van der Waals surface area contributed by atoms with Gasteiger partial charge in [-0.25, -0.2) is 4.98 Å². The highest BCUT2D eigenvalue weighted by Gasteiger charge is 2.06. The van der Waals surface area contributed by atoms with Gasteiger partial charge in [-0.3, -0.25) is 0 Å². The summed E-state index contributed by atoms with van der Waals surface area (Å²) >= 11 is 9.58. The maximum Gasteiger partial charge on any atom is 0.126 e. The standard InChI is InChI=1S/C13H14BrClN2O/c1-8(4-5-18)16-12-3-2-9-6-10(14)7-11(15)13(9)17-12/h2-3,6-8,18H,4-5H2,1H3,(H,16,17). The minimum atomic E-state index is 0.162. The van der Waals surface area contributed by atoms with Crippen LogP contribution in [0.1, 0.15) is 13.3 Å². The molecule has 0 saturated carbocycles. The van der Waals surface area contributed by atoms with Gasteiger partial charge in [0.2, 0.25) is 0 Å². The topological polar surface area (TPSA) is 45.1 Å². The van der Waals surface area contributed by atoms with Crippen molar-refractivity contribution in [1.82, 2.24) is 4.98 Å². The molecule has 0 bridgehead atoms. The lowest BCUT2D eigenvalue weighted by Crippen LogP contribution is -2.17. The number of benzene rings is 1. The van der Waals surface area contributed by atoms with Crippen molar-refractivity contribution in [3.63, 3.8) is 0 Å². The SMILES string of the molecule is CC(CCO)Nc1ccc2cc(Br)cc(Cl)c2n1. The minimum Gasteiger partial charge on any atom is -0.396 e. The molecular weight excluding hydrogens is 316 g/mol. The van der Waals surface area contributed by atoms with E-state index in [-0.39, 0.29) is 12.6 Å². The molecule has 0 aliphatic heterocycles. The molecule has 2 rings (SSSR count). The van der Waals surface area contributed by atoms with Gasteiger partial charge < -0.3 is 10.4 Å². The second-order valence-electron chi connectivity index (χ2n) is 4.21. The van der Waals surface area contributed by atoms with E-state index in [1.165, 1.54) is 0 Å². The summed E-state index contributed by atoms with van der Waals surface area (Å²) < 4.78 is 0.941. The van der Waals surface area contributed by atoms with Gasteiger partial charge in [-0.15, -0.1) is 0 Å². The zero-order valence-corrected chi connectivity index (χ0v) is 12.3. The van der Waals surface area contributed by atoms with Crippen molar-refractivity contribution in [2.45, 2.75) is 19.4 Å². The number of aliphatic hydroxyl groups excluding tert-OH is 1. The van der Waals surface area contributed by atoms with E-state index in [1.54, 1.807) is 0 Å². The quantitative estimate of drug-likeness (QED) is 0.896. The average Bonchev–Trinajstić information content (AvgIpc) is 2.30. The lowest BCUT2D eigenvalue weighted by molar-refractivity contribution is 0.282. The maximum absolute atomic E-state index is 8.87. The Morgan fingerprint density at radius 3 is 2.94 bits per heavy atom. The molecule has 0 amide bonds. The Hall–Kier alpha value is -0.840. The largest absolute Gasteiger partial charge is 0.396 e. The molecule has 0 fully saturated rings. The van der Waals surface area contributed by atoms with Crippen molar-refractivity contribution in [3.05, 3.63) is 33.8 Å². The van der Waals surface area contributed by atoms with Crippen LogP contribution in [0.5, 0.6) is 0 Å². The summed E-state index contributed by atoms with van der Waals surface area (Å²) in [4.78, 5) is 4.49. The Balaban J connectivity index is 2.32. The zero-order valence-electron chi connectivity index (χ0n) is 9.95. The van der Waals surface area contributed by atoms with Crippen LogP contribution in [0.15, 0.2) is 28.7 Å². The Kier molecular flexibility index (Phi) is 4.43. The highest BCUT2D eigenvalue weighted by atomic mass is 79.9. The fraction of sp³-hybridized carbons (Fsp3) is 0.308. The molecule has 3 nitrogen and oxygen atoms in total. The summed E-state index contributed by atoms with van der Waals surface area (Å²) in [5.41, 5.74) is 0.779. The van der Waals surface area contributed by atoms with E-state index in [4.69, 9.17) is 16.7 Å². The predicted molar refractivity (Wildman–Crippen MR) is 79.2 cm³/mol. The van der Waals surface area contributed by atoms with E-state index < -0.39 is 0 Å². The van der Waals surface area contributed by atoms with Crippen LogP contribution in [-0.4, -0.2) is 22.7 Å². The van der Waals surface area contributed by atoms with Gasteiger partial charge >= 0.3 is 0 Å². The molecule has 1 aromatic carbocycles. The van der Waals surface area contributed by atoms with Gasteiger partial charge in [-0.2, -0.15) is 0 Å². The number of aliphatic hydroxyl groups is 1. The normalized spacial score (nSPS) is 12.7. The molecular formula is C13H14BrClN2O. The summed E-state index contributed by atoms with van der Waals surface area (Å²) in [5, 5.41) is 13.7. The summed E-state index contributed by atoms with van der Waals surface area (Å²) in [5.74, 6) is 0.771. The number of pyridine rings is 1. The van der Waals surface area contributed by atoms with E-state index in [0.717, 1.165) is 21.2 Å². The third-order valence-electron chi connectivity index (χ3n) is 2.67. The lowest BCUT2D eigenvalue weighted by atomic mass is 10.2. The number of nitrogens with zero attached hydrogens (tertiary/aromatic N) is 1. The van der Waals surface area contributed by atoms with E-state index in [9.17, 15) is 0 Å². The Labute approximate surface area is 119 Å². The minimum absolute atomic E-state index is 0.162. The smallest absolute Gasteiger partial charge is 0.126 e. The predicted octanol–water partition coefficient (Wildman–Crippen LogP) is 3.83. The van der Waals surface area contributed by atoms with E-state index >= 15 is 0 Å². The van der Waals surface area contributed by atoms with Gasteiger partial charge in [0.25, 0.3) is 0 Å². The Morgan fingerprint density at radius 2 is 2.22 bits per heavy atom. The maximum atomic E-state index is 8.87. The third kappa shape index (κ3) is 3.13. The fourth-order valence-corrected chi connectivity index (χ4v) is 2.63. The van der Waals surface area contributed by atoms with E-state index in [2.05, 4.69) is 26.2 Å². The van der Waals surface area contributed by atoms with Crippen molar-refractivity contribution in [2.24, 2.45) is 0 Å². The van der Waals surface area contributed by atoms with Crippen molar-refractivity contribution in [2.75, 3.05) is 11.9 Å². The summed E-state index contributed by atoms with van der Waals surface area (Å²) in [6, 6.07) is 7.88. The summed E-state index contributed by atoms with van der Waals surface area (Å²) in [6.45, 7) is 2.17. The number of fused-ring (bicyclic) bond motifs is 1. The molecule has 0 spiro atoms. The first kappa shape index (κ1) is 13.6. The van der Waals surface area contributed by atoms with Crippen molar-refractivity contribution < 1.29 is 5.11 Å².